The number of nitrogens with one attached hydrogen (secondary N) is 1. The second kappa shape index (κ2) is 11.1. The van der Waals surface area contributed by atoms with Gasteiger partial charge in [0.15, 0.2) is 18.9 Å². The summed E-state index contributed by atoms with van der Waals surface area (Å²) in [5.74, 6) is -2.52. The van der Waals surface area contributed by atoms with E-state index in [1.807, 2.05) is 0 Å². The van der Waals surface area contributed by atoms with Crippen LogP contribution < -0.4 is 20.7 Å². The number of amides is 3. The van der Waals surface area contributed by atoms with Gasteiger partial charge in [-0.25, -0.2) is 4.57 Å². The molecular formula is C23H20Cl2N4O5S2. The van der Waals surface area contributed by atoms with E-state index in [4.69, 9.17) is 28.9 Å². The fourth-order valence-corrected chi connectivity index (χ4v) is 6.58. The Morgan fingerprint density at radius 1 is 1.28 bits per heavy atom. The zero-order chi connectivity index (χ0) is 26.0. The first-order valence-electron chi connectivity index (χ1n) is 10.7. The highest BCUT2D eigenvalue weighted by molar-refractivity contribution is 8.00. The Morgan fingerprint density at radius 2 is 2.06 bits per heavy atom. The second-order valence-electron chi connectivity index (χ2n) is 8.09. The lowest BCUT2D eigenvalue weighted by Crippen LogP contribution is -2.71. The van der Waals surface area contributed by atoms with Crippen molar-refractivity contribution in [2.45, 2.75) is 29.3 Å². The maximum Gasteiger partial charge on any atom is 0.253 e. The summed E-state index contributed by atoms with van der Waals surface area (Å²) in [6.07, 6.45) is 3.48. The Labute approximate surface area is 225 Å². The average Bonchev–Trinajstić information content (AvgIpc) is 2.82. The van der Waals surface area contributed by atoms with E-state index in [1.165, 1.54) is 28.4 Å². The Balaban J connectivity index is 1.43. The number of aromatic nitrogens is 1. The van der Waals surface area contributed by atoms with Crippen LogP contribution >= 0.6 is 46.7 Å². The van der Waals surface area contributed by atoms with Crippen molar-refractivity contribution in [3.05, 3.63) is 69.6 Å². The number of carbonyl (C=O) groups is 4. The number of carboxylic acids is 1. The molecule has 1 fully saturated rings. The van der Waals surface area contributed by atoms with E-state index in [2.05, 4.69) is 5.32 Å². The minimum Gasteiger partial charge on any atom is -0.543 e. The largest absolute Gasteiger partial charge is 0.543 e. The topological polar surface area (TPSA) is 137 Å². The standard InChI is InChI=1S/C23H20Cl2N4O5S2/c24-14-3-4-15(25)16(7-14)35-11-18(31)27-19-21(32)29-20(23(33)34)13(10-36-22(19)29)9-28-5-1-2-12(8-28)6-17(26)30/h1-5,7-8,19,22H,6,9-11H2,(H3-,26,27,30,31,33,34)/t19-,22-/m1/s1. The predicted molar refractivity (Wildman–Crippen MR) is 134 cm³/mol. The molecule has 1 saturated heterocycles. The third-order valence-electron chi connectivity index (χ3n) is 5.48. The number of carboxylic acid groups (broad SMARTS) is 1. The Kier molecular flexibility index (Phi) is 8.13. The molecule has 3 heterocycles. The lowest BCUT2D eigenvalue weighted by atomic mass is 10.0. The quantitative estimate of drug-likeness (QED) is 0.256. The summed E-state index contributed by atoms with van der Waals surface area (Å²) in [5, 5.41) is 15.1. The van der Waals surface area contributed by atoms with E-state index < -0.39 is 29.2 Å². The van der Waals surface area contributed by atoms with Gasteiger partial charge < -0.3 is 21.0 Å². The molecule has 0 radical (unpaired) electrons. The van der Waals surface area contributed by atoms with Crippen LogP contribution in [0.25, 0.3) is 0 Å². The van der Waals surface area contributed by atoms with Crippen LogP contribution in [0.3, 0.4) is 0 Å². The number of hydrogen-bond acceptors (Lipinski definition) is 7. The number of primary amides is 1. The van der Waals surface area contributed by atoms with Crippen LogP contribution in [-0.2, 0) is 32.1 Å². The maximum atomic E-state index is 12.9. The number of fused-ring (bicyclic) bond motifs is 1. The number of hydrogen-bond donors (Lipinski definition) is 2. The first-order chi connectivity index (χ1) is 17.1. The van der Waals surface area contributed by atoms with Gasteiger partial charge in [0.1, 0.15) is 11.4 Å². The van der Waals surface area contributed by atoms with Crippen molar-refractivity contribution < 1.29 is 28.9 Å². The second-order valence-corrected chi connectivity index (χ2v) is 11.1. The number of benzene rings is 1. The van der Waals surface area contributed by atoms with Crippen molar-refractivity contribution in [1.29, 1.82) is 0 Å². The van der Waals surface area contributed by atoms with Crippen molar-refractivity contribution in [2.24, 2.45) is 5.73 Å². The van der Waals surface area contributed by atoms with Gasteiger partial charge in [-0.05, 0) is 24.3 Å². The molecule has 4 rings (SSSR count). The smallest absolute Gasteiger partial charge is 0.253 e. The van der Waals surface area contributed by atoms with Crippen LogP contribution in [0.2, 0.25) is 10.0 Å². The van der Waals surface area contributed by atoms with E-state index in [0.29, 0.717) is 31.8 Å². The van der Waals surface area contributed by atoms with Crippen molar-refractivity contribution in [3.63, 3.8) is 0 Å². The molecule has 13 heteroatoms. The number of halogens is 2. The molecule has 2 atom stereocenters. The highest BCUT2D eigenvalue weighted by Crippen LogP contribution is 2.40. The molecule has 188 valence electrons. The third kappa shape index (κ3) is 5.80. The zero-order valence-electron chi connectivity index (χ0n) is 18.6. The summed E-state index contributed by atoms with van der Waals surface area (Å²) < 4.78 is 1.72. The molecule has 0 aliphatic carbocycles. The minimum atomic E-state index is -1.46. The van der Waals surface area contributed by atoms with E-state index in [1.54, 1.807) is 47.3 Å². The van der Waals surface area contributed by atoms with E-state index in [9.17, 15) is 24.3 Å². The highest BCUT2D eigenvalue weighted by Gasteiger charge is 2.53. The fourth-order valence-electron chi connectivity index (χ4n) is 3.94. The first-order valence-corrected chi connectivity index (χ1v) is 13.4. The number of aliphatic carboxylic acids is 1. The van der Waals surface area contributed by atoms with Gasteiger partial charge in [-0.2, -0.15) is 0 Å². The summed E-state index contributed by atoms with van der Waals surface area (Å²) in [5.41, 5.74) is 6.23. The molecule has 0 spiro atoms. The predicted octanol–water partition coefficient (Wildman–Crippen LogP) is 0.505. The average molecular weight is 567 g/mol. The van der Waals surface area contributed by atoms with Gasteiger partial charge >= 0.3 is 0 Å². The van der Waals surface area contributed by atoms with Gasteiger partial charge in [0.05, 0.1) is 28.9 Å². The van der Waals surface area contributed by atoms with Gasteiger partial charge in [0, 0.05) is 32.9 Å². The summed E-state index contributed by atoms with van der Waals surface area (Å²) in [7, 11) is 0. The molecule has 1 aromatic carbocycles. The molecule has 0 unspecified atom stereocenters. The first kappa shape index (κ1) is 26.3. The van der Waals surface area contributed by atoms with Crippen LogP contribution in [0.15, 0.2) is 58.9 Å². The molecule has 1 aromatic heterocycles. The summed E-state index contributed by atoms with van der Waals surface area (Å²) in [6, 6.07) is 7.54. The van der Waals surface area contributed by atoms with Gasteiger partial charge in [-0.3, -0.25) is 19.3 Å². The number of thioether (sulfide) groups is 2. The van der Waals surface area contributed by atoms with Crippen molar-refractivity contribution in [1.82, 2.24) is 10.2 Å². The van der Waals surface area contributed by atoms with Gasteiger partial charge in [0.2, 0.25) is 11.8 Å². The van der Waals surface area contributed by atoms with Gasteiger partial charge in [0.25, 0.3) is 5.91 Å². The molecule has 36 heavy (non-hydrogen) atoms. The van der Waals surface area contributed by atoms with Crippen LogP contribution in [0.5, 0.6) is 0 Å². The molecule has 2 aliphatic heterocycles. The monoisotopic (exact) mass is 566 g/mol. The minimum absolute atomic E-state index is 0.00788. The van der Waals surface area contributed by atoms with Crippen LogP contribution in [0.1, 0.15) is 5.56 Å². The SMILES string of the molecule is NC(=O)Cc1ccc[n+](CC2=C(C(=O)[O-])N3C(=O)[C@@H](NC(=O)CSc4cc(Cl)ccc4Cl)[C@H]3SC2)c1. The maximum absolute atomic E-state index is 12.9. The number of nitrogens with zero attached hydrogens (tertiary/aromatic N) is 2. The van der Waals surface area contributed by atoms with Crippen molar-refractivity contribution >= 4 is 70.4 Å². The van der Waals surface area contributed by atoms with Crippen molar-refractivity contribution in [3.8, 4) is 0 Å². The number of β-lactam (4-membered cyclic amide) rings is 1. The third-order valence-corrected chi connectivity index (χ3v) is 8.55. The normalized spacial score (nSPS) is 18.9. The van der Waals surface area contributed by atoms with E-state index >= 15 is 0 Å². The van der Waals surface area contributed by atoms with Crippen LogP contribution in [0, 0.1) is 0 Å². The highest BCUT2D eigenvalue weighted by atomic mass is 35.5. The van der Waals surface area contributed by atoms with Gasteiger partial charge in [-0.1, -0.05) is 23.2 Å². The molecular weight excluding hydrogens is 547 g/mol. The van der Waals surface area contributed by atoms with Crippen molar-refractivity contribution in [2.75, 3.05) is 11.5 Å². The summed E-state index contributed by atoms with van der Waals surface area (Å²) in [6.45, 7) is 0.188. The molecule has 2 aromatic rings. The number of nitrogens with two attached hydrogens (primary N) is 1. The molecule has 0 saturated carbocycles. The molecule has 3 amide bonds. The molecule has 3 N–H and O–H groups in total. The summed E-state index contributed by atoms with van der Waals surface area (Å²) >= 11 is 14.6. The molecule has 0 bridgehead atoms. The Bertz CT molecular complexity index is 1290. The number of carbonyl (C=O) groups excluding carboxylic acids is 4. The number of pyridine rings is 1. The van der Waals surface area contributed by atoms with E-state index in [-0.39, 0.29) is 30.3 Å². The number of rotatable bonds is 9. The van der Waals surface area contributed by atoms with Crippen LogP contribution in [-0.4, -0.2) is 51.5 Å². The Morgan fingerprint density at radius 3 is 2.78 bits per heavy atom. The van der Waals surface area contributed by atoms with Gasteiger partial charge in [-0.15, -0.1) is 23.5 Å². The van der Waals surface area contributed by atoms with Crippen LogP contribution in [0.4, 0.5) is 0 Å². The lowest BCUT2D eigenvalue weighted by Gasteiger charge is -2.50. The Hall–Kier alpha value is -2.73. The zero-order valence-corrected chi connectivity index (χ0v) is 21.8. The fraction of sp³-hybridized carbons (Fsp3) is 0.261. The molecule has 2 aliphatic rings. The molecule has 9 nitrogen and oxygen atoms in total. The van der Waals surface area contributed by atoms with E-state index in [0.717, 1.165) is 0 Å². The lowest BCUT2D eigenvalue weighted by molar-refractivity contribution is -0.689. The summed E-state index contributed by atoms with van der Waals surface area (Å²) in [4.78, 5) is 50.4.